The summed E-state index contributed by atoms with van der Waals surface area (Å²) < 4.78 is 2.19. The van der Waals surface area contributed by atoms with Gasteiger partial charge in [0.2, 0.25) is 0 Å². The van der Waals surface area contributed by atoms with Gasteiger partial charge in [-0.3, -0.25) is 0 Å². The van der Waals surface area contributed by atoms with Crippen LogP contribution in [0.4, 0.5) is 0 Å². The molecule has 1 aromatic rings. The van der Waals surface area contributed by atoms with Crippen molar-refractivity contribution in [2.45, 2.75) is 84.7 Å². The van der Waals surface area contributed by atoms with E-state index in [0.29, 0.717) is 14.5 Å². The average Bonchev–Trinajstić information content (AvgIpc) is 2.93. The third-order valence-electron chi connectivity index (χ3n) is 7.16. The molecule has 27 heavy (non-hydrogen) atoms. The quantitative estimate of drug-likeness (QED) is 0.349. The molecule has 144 valence electrons. The Balaban J connectivity index is 2.05. The standard InChI is InChI=1S/C16H21.C10H15.Hf/c1-11-8-13-6-7-14(10-16(3,4)5)15(13)9-12(11)2;1-6-7(2)9(4)10(5)8(6)3;/h6,8-9,14H,10H2,1-5H3;1-5H3;. The Bertz CT molecular complexity index is 860. The van der Waals surface area contributed by atoms with Gasteiger partial charge >= 0.3 is 179 Å². The average molecular weight is 527 g/mol. The van der Waals surface area contributed by atoms with Gasteiger partial charge in [0.25, 0.3) is 0 Å². The molecular formula is C26H36Hf. The van der Waals surface area contributed by atoms with Gasteiger partial charge in [-0.05, 0) is 0 Å². The van der Waals surface area contributed by atoms with Crippen molar-refractivity contribution in [1.29, 1.82) is 0 Å². The molecule has 0 fully saturated rings. The van der Waals surface area contributed by atoms with Crippen LogP contribution in [0.1, 0.15) is 90.0 Å². The molecular weight excluding hydrogens is 491 g/mol. The molecule has 0 saturated carbocycles. The zero-order valence-corrected chi connectivity index (χ0v) is 22.6. The van der Waals surface area contributed by atoms with Gasteiger partial charge in [-0.25, -0.2) is 0 Å². The molecule has 0 heterocycles. The van der Waals surface area contributed by atoms with Crippen molar-refractivity contribution in [3.8, 4) is 0 Å². The summed E-state index contributed by atoms with van der Waals surface area (Å²) in [6.07, 6.45) is 3.87. The molecule has 0 spiro atoms. The van der Waals surface area contributed by atoms with Crippen LogP contribution >= 0.6 is 0 Å². The minimum atomic E-state index is -1.09. The van der Waals surface area contributed by atoms with Crippen molar-refractivity contribution in [1.82, 2.24) is 0 Å². The monoisotopic (exact) mass is 528 g/mol. The third-order valence-corrected chi connectivity index (χ3v) is 14.5. The molecule has 0 aromatic heterocycles. The summed E-state index contributed by atoms with van der Waals surface area (Å²) >= 11 is -1.09. The Morgan fingerprint density at radius 1 is 0.889 bits per heavy atom. The van der Waals surface area contributed by atoms with Crippen LogP contribution in [0.25, 0.3) is 6.08 Å². The number of fused-ring (bicyclic) bond motifs is 1. The van der Waals surface area contributed by atoms with Gasteiger partial charge in [0.15, 0.2) is 0 Å². The van der Waals surface area contributed by atoms with Crippen LogP contribution in [0, 0.1) is 19.3 Å². The molecule has 0 radical (unpaired) electrons. The van der Waals surface area contributed by atoms with Crippen LogP contribution in [0.2, 0.25) is 3.17 Å². The molecule has 2 aliphatic carbocycles. The number of aryl methyl sites for hydroxylation is 2. The fourth-order valence-corrected chi connectivity index (χ4v) is 11.9. The summed E-state index contributed by atoms with van der Waals surface area (Å²) in [7, 11) is 0. The predicted octanol–water partition coefficient (Wildman–Crippen LogP) is 8.13. The van der Waals surface area contributed by atoms with E-state index in [1.54, 1.807) is 27.9 Å². The van der Waals surface area contributed by atoms with Crippen LogP contribution in [0.15, 0.2) is 37.8 Å². The maximum atomic E-state index is 2.61. The zero-order valence-electron chi connectivity index (χ0n) is 19.0. The fourth-order valence-electron chi connectivity index (χ4n) is 4.75. The van der Waals surface area contributed by atoms with Gasteiger partial charge in [0.1, 0.15) is 0 Å². The topological polar surface area (TPSA) is 0 Å². The van der Waals surface area contributed by atoms with E-state index >= 15 is 0 Å². The summed E-state index contributed by atoms with van der Waals surface area (Å²) in [5, 5.41) is 0. The summed E-state index contributed by atoms with van der Waals surface area (Å²) in [5.41, 5.74) is 12.8. The second kappa shape index (κ2) is 6.97. The van der Waals surface area contributed by atoms with E-state index in [1.807, 2.05) is 3.33 Å². The SMILES string of the molecule is CC1=C(C)[C](C)([Hf][C]2=Cc3cc(C)c(C)cc3C2CC(C)(C)C)C(C)=C1C. The summed E-state index contributed by atoms with van der Waals surface area (Å²) in [4.78, 5) is 0. The third kappa shape index (κ3) is 3.66. The first-order valence-corrected chi connectivity index (χ1v) is 13.9. The van der Waals surface area contributed by atoms with E-state index in [1.165, 1.54) is 23.1 Å². The van der Waals surface area contributed by atoms with E-state index in [0.717, 1.165) is 0 Å². The van der Waals surface area contributed by atoms with Crippen molar-refractivity contribution >= 4 is 6.08 Å². The fraction of sp³-hybridized carbons (Fsp3) is 0.538. The first-order valence-electron chi connectivity index (χ1n) is 10.3. The normalized spacial score (nSPS) is 21.7. The molecule has 2 aliphatic rings. The number of hydrogen-bond donors (Lipinski definition) is 0. The molecule has 1 unspecified atom stereocenters. The van der Waals surface area contributed by atoms with Crippen LogP contribution < -0.4 is 0 Å². The number of allylic oxidation sites excluding steroid dienone is 5. The second-order valence-corrected chi connectivity index (χ2v) is 16.8. The Morgan fingerprint density at radius 3 is 1.93 bits per heavy atom. The Morgan fingerprint density at radius 2 is 1.41 bits per heavy atom. The first-order chi connectivity index (χ1) is 12.3. The van der Waals surface area contributed by atoms with Gasteiger partial charge in [-0.2, -0.15) is 0 Å². The summed E-state index contributed by atoms with van der Waals surface area (Å²) in [6.45, 7) is 23.8. The molecule has 0 N–H and O–H groups in total. The zero-order chi connectivity index (χ0) is 20.3. The molecule has 0 bridgehead atoms. The number of hydrogen-bond acceptors (Lipinski definition) is 0. The van der Waals surface area contributed by atoms with Crippen LogP contribution in [-0.2, 0) is 22.9 Å². The van der Waals surface area contributed by atoms with Crippen LogP contribution in [0.5, 0.6) is 0 Å². The van der Waals surface area contributed by atoms with Crippen molar-refractivity contribution < 1.29 is 22.9 Å². The van der Waals surface area contributed by atoms with E-state index in [4.69, 9.17) is 0 Å². The molecule has 1 aromatic carbocycles. The Kier molecular flexibility index (Phi) is 5.43. The van der Waals surface area contributed by atoms with Gasteiger partial charge in [-0.15, -0.1) is 0 Å². The minimum absolute atomic E-state index is 0.353. The number of benzene rings is 1. The summed E-state index contributed by atoms with van der Waals surface area (Å²) in [5.74, 6) is 0.640. The van der Waals surface area contributed by atoms with Crippen molar-refractivity contribution in [2.24, 2.45) is 5.41 Å². The van der Waals surface area contributed by atoms with E-state index in [-0.39, 0.29) is 0 Å². The van der Waals surface area contributed by atoms with E-state index < -0.39 is 22.9 Å². The molecule has 0 nitrogen and oxygen atoms in total. The predicted molar refractivity (Wildman–Crippen MR) is 116 cm³/mol. The molecule has 1 heteroatoms. The Hall–Kier alpha value is -0.690. The first kappa shape index (κ1) is 21.0. The summed E-state index contributed by atoms with van der Waals surface area (Å²) in [6, 6.07) is 4.93. The molecule has 3 rings (SSSR count). The molecule has 0 amide bonds. The Labute approximate surface area is 178 Å². The van der Waals surface area contributed by atoms with Crippen molar-refractivity contribution in [2.75, 3.05) is 0 Å². The van der Waals surface area contributed by atoms with Gasteiger partial charge in [-0.1, -0.05) is 0 Å². The van der Waals surface area contributed by atoms with Crippen LogP contribution in [-0.4, -0.2) is 0 Å². The van der Waals surface area contributed by atoms with Gasteiger partial charge < -0.3 is 0 Å². The molecule has 0 aliphatic heterocycles. The van der Waals surface area contributed by atoms with Gasteiger partial charge in [0.05, 0.1) is 0 Å². The maximum absolute atomic E-state index is 2.61. The number of rotatable bonds is 3. The van der Waals surface area contributed by atoms with Crippen LogP contribution in [0.3, 0.4) is 0 Å². The van der Waals surface area contributed by atoms with E-state index in [9.17, 15) is 0 Å². The molecule has 1 atom stereocenters. The van der Waals surface area contributed by atoms with E-state index in [2.05, 4.69) is 87.4 Å². The molecule has 0 saturated heterocycles. The van der Waals surface area contributed by atoms with Crippen molar-refractivity contribution in [3.63, 3.8) is 0 Å². The van der Waals surface area contributed by atoms with Crippen molar-refractivity contribution in [3.05, 3.63) is 60.0 Å². The second-order valence-electron chi connectivity index (χ2n) is 10.2. The van der Waals surface area contributed by atoms with Gasteiger partial charge in [0, 0.05) is 0 Å².